The van der Waals surface area contributed by atoms with Crippen LogP contribution in [0.15, 0.2) is 57.7 Å². The molecule has 0 bridgehead atoms. The molecule has 9 heteroatoms. The van der Waals surface area contributed by atoms with Gasteiger partial charge in [0, 0.05) is 28.2 Å². The fourth-order valence-electron chi connectivity index (χ4n) is 3.02. The molecule has 1 aliphatic heterocycles. The van der Waals surface area contributed by atoms with Gasteiger partial charge in [-0.05, 0) is 30.3 Å². The van der Waals surface area contributed by atoms with Crippen LogP contribution in [0.25, 0.3) is 17.2 Å². The Morgan fingerprint density at radius 1 is 1.18 bits per heavy atom. The molecule has 0 aliphatic carbocycles. The number of hydrogen-bond donors (Lipinski definition) is 1. The van der Waals surface area contributed by atoms with Gasteiger partial charge >= 0.3 is 0 Å². The van der Waals surface area contributed by atoms with E-state index in [1.54, 1.807) is 46.8 Å². The van der Waals surface area contributed by atoms with E-state index in [9.17, 15) is 4.79 Å². The van der Waals surface area contributed by atoms with Crippen LogP contribution in [0, 0.1) is 0 Å². The maximum absolute atomic E-state index is 12.8. The second kappa shape index (κ2) is 6.88. The number of nitrogens with zero attached hydrogens (tertiary/aromatic N) is 3. The summed E-state index contributed by atoms with van der Waals surface area (Å²) in [5, 5.41) is 12.1. The van der Waals surface area contributed by atoms with Gasteiger partial charge in [0.1, 0.15) is 5.82 Å². The van der Waals surface area contributed by atoms with Crippen molar-refractivity contribution in [2.75, 3.05) is 5.32 Å². The highest BCUT2D eigenvalue weighted by Gasteiger charge is 2.26. The van der Waals surface area contributed by atoms with E-state index in [2.05, 4.69) is 15.6 Å². The smallest absolute Gasteiger partial charge is 0.279 e. The molecule has 4 aromatic rings. The van der Waals surface area contributed by atoms with Crippen molar-refractivity contribution in [3.05, 3.63) is 70.7 Å². The highest BCUT2D eigenvalue weighted by Crippen LogP contribution is 2.36. The molecule has 4 heterocycles. The normalized spacial score (nSPS) is 12.9. The fraction of sp³-hybridized carbons (Fsp3) is 0.105. The molecule has 0 atom stereocenters. The zero-order valence-electron chi connectivity index (χ0n) is 14.4. The van der Waals surface area contributed by atoms with Crippen LogP contribution in [0.3, 0.4) is 0 Å². The topological polar surface area (TPSA) is 86.1 Å². The molecule has 0 spiro atoms. The number of furan rings is 1. The molecule has 0 radical (unpaired) electrons. The van der Waals surface area contributed by atoms with Crippen LogP contribution in [0.5, 0.6) is 0 Å². The summed E-state index contributed by atoms with van der Waals surface area (Å²) in [6.45, 7) is 0. The molecule has 0 saturated heterocycles. The number of fused-ring (bicyclic) bond motifs is 1. The number of carbonyl (C=O) groups is 1. The predicted octanol–water partition coefficient (Wildman–Crippen LogP) is 4.77. The molecule has 0 unspecified atom stereocenters. The van der Waals surface area contributed by atoms with E-state index in [0.717, 1.165) is 28.5 Å². The Hall–Kier alpha value is -2.97. The van der Waals surface area contributed by atoms with Gasteiger partial charge in [0.15, 0.2) is 11.5 Å². The molecule has 140 valence electrons. The zero-order chi connectivity index (χ0) is 19.1. The Balaban J connectivity index is 1.49. The lowest BCUT2D eigenvalue weighted by molar-refractivity contribution is 0.101. The van der Waals surface area contributed by atoms with E-state index in [0.29, 0.717) is 22.4 Å². The number of nitrogens with one attached hydrogen (secondary N) is 1. The Labute approximate surface area is 168 Å². The lowest BCUT2D eigenvalue weighted by Gasteiger charge is -2.10. The summed E-state index contributed by atoms with van der Waals surface area (Å²) in [7, 11) is 0. The number of carbonyl (C=O) groups excluding carboxylic acids is 1. The third kappa shape index (κ3) is 3.00. The van der Waals surface area contributed by atoms with E-state index >= 15 is 0 Å². The Morgan fingerprint density at radius 3 is 2.93 bits per heavy atom. The summed E-state index contributed by atoms with van der Waals surface area (Å²) in [5.41, 5.74) is 2.90. The van der Waals surface area contributed by atoms with Crippen molar-refractivity contribution in [2.24, 2.45) is 0 Å². The highest BCUT2D eigenvalue weighted by atomic mass is 35.5. The molecule has 0 fully saturated rings. The van der Waals surface area contributed by atoms with Crippen LogP contribution in [0.1, 0.15) is 21.7 Å². The SMILES string of the molecule is O=C(Nc1c2c(nn1-c1cccc(Cl)c1)CSC2)c1cc(-c2ccco2)on1. The maximum Gasteiger partial charge on any atom is 0.279 e. The van der Waals surface area contributed by atoms with Crippen LogP contribution < -0.4 is 5.32 Å². The lowest BCUT2D eigenvalue weighted by Crippen LogP contribution is -2.16. The molecule has 1 aliphatic rings. The second-order valence-electron chi connectivity index (χ2n) is 6.17. The third-order valence-electron chi connectivity index (χ3n) is 4.34. The van der Waals surface area contributed by atoms with E-state index < -0.39 is 0 Å². The predicted molar refractivity (Wildman–Crippen MR) is 106 cm³/mol. The first-order valence-electron chi connectivity index (χ1n) is 8.45. The van der Waals surface area contributed by atoms with Gasteiger partial charge in [-0.1, -0.05) is 22.8 Å². The van der Waals surface area contributed by atoms with Crippen LogP contribution in [-0.4, -0.2) is 20.8 Å². The van der Waals surface area contributed by atoms with Gasteiger partial charge in [-0.15, -0.1) is 0 Å². The third-order valence-corrected chi connectivity index (χ3v) is 5.55. The lowest BCUT2D eigenvalue weighted by atomic mass is 10.2. The molecule has 1 N–H and O–H groups in total. The summed E-state index contributed by atoms with van der Waals surface area (Å²) in [6, 6.07) is 12.4. The van der Waals surface area contributed by atoms with Crippen molar-refractivity contribution in [2.45, 2.75) is 11.5 Å². The number of benzene rings is 1. The Bertz CT molecular complexity index is 1170. The molecular weight excluding hydrogens is 400 g/mol. The first-order valence-corrected chi connectivity index (χ1v) is 9.99. The number of aromatic nitrogens is 3. The van der Waals surface area contributed by atoms with Crippen LogP contribution in [0.4, 0.5) is 5.82 Å². The summed E-state index contributed by atoms with van der Waals surface area (Å²) in [5.74, 6) is 2.71. The number of thioether (sulfide) groups is 1. The van der Waals surface area contributed by atoms with Crippen LogP contribution in [-0.2, 0) is 11.5 Å². The van der Waals surface area contributed by atoms with Gasteiger partial charge in [-0.25, -0.2) is 4.68 Å². The monoisotopic (exact) mass is 412 g/mol. The van der Waals surface area contributed by atoms with E-state index in [-0.39, 0.29) is 11.6 Å². The molecule has 1 amide bonds. The molecule has 1 aromatic carbocycles. The minimum atomic E-state index is -0.385. The van der Waals surface area contributed by atoms with E-state index in [4.69, 9.17) is 20.5 Å². The number of halogens is 1. The summed E-state index contributed by atoms with van der Waals surface area (Å²) in [4.78, 5) is 12.8. The van der Waals surface area contributed by atoms with Gasteiger partial charge in [0.25, 0.3) is 5.91 Å². The summed E-state index contributed by atoms with van der Waals surface area (Å²) < 4.78 is 12.2. The van der Waals surface area contributed by atoms with Crippen molar-refractivity contribution < 1.29 is 13.7 Å². The van der Waals surface area contributed by atoms with Crippen molar-refractivity contribution in [1.82, 2.24) is 14.9 Å². The van der Waals surface area contributed by atoms with Gasteiger partial charge in [0.05, 0.1) is 17.6 Å². The highest BCUT2D eigenvalue weighted by molar-refractivity contribution is 7.98. The van der Waals surface area contributed by atoms with Gasteiger partial charge in [-0.2, -0.15) is 16.9 Å². The molecule has 0 saturated carbocycles. The number of anilines is 1. The Morgan fingerprint density at radius 2 is 2.11 bits per heavy atom. The van der Waals surface area contributed by atoms with Crippen LogP contribution in [0.2, 0.25) is 5.02 Å². The standard InChI is InChI=1S/C19H13ClN4O3S/c20-11-3-1-4-12(7-11)24-18(13-9-28-10-15(13)22-24)21-19(25)14-8-17(27-23-14)16-5-2-6-26-16/h1-8H,9-10H2,(H,21,25). The molecule has 3 aromatic heterocycles. The first kappa shape index (κ1) is 17.2. The van der Waals surface area contributed by atoms with Crippen molar-refractivity contribution in [3.8, 4) is 17.2 Å². The molecular formula is C19H13ClN4O3S. The number of hydrogen-bond acceptors (Lipinski definition) is 6. The van der Waals surface area contributed by atoms with Crippen molar-refractivity contribution in [3.63, 3.8) is 0 Å². The summed E-state index contributed by atoms with van der Waals surface area (Å²) >= 11 is 7.89. The largest absolute Gasteiger partial charge is 0.461 e. The van der Waals surface area contributed by atoms with Crippen LogP contribution >= 0.6 is 23.4 Å². The van der Waals surface area contributed by atoms with Gasteiger partial charge in [-0.3, -0.25) is 4.79 Å². The Kier molecular flexibility index (Phi) is 4.22. The molecule has 5 rings (SSSR count). The second-order valence-corrected chi connectivity index (χ2v) is 7.59. The van der Waals surface area contributed by atoms with Gasteiger partial charge < -0.3 is 14.3 Å². The molecule has 7 nitrogen and oxygen atoms in total. The maximum atomic E-state index is 12.8. The number of rotatable bonds is 4. The van der Waals surface area contributed by atoms with Gasteiger partial charge in [0.2, 0.25) is 5.76 Å². The quantitative estimate of drug-likeness (QED) is 0.519. The fourth-order valence-corrected chi connectivity index (χ4v) is 4.24. The van der Waals surface area contributed by atoms with E-state index in [1.165, 1.54) is 6.26 Å². The van der Waals surface area contributed by atoms with E-state index in [1.807, 2.05) is 12.1 Å². The first-order chi connectivity index (χ1) is 13.7. The number of amides is 1. The molecule has 28 heavy (non-hydrogen) atoms. The zero-order valence-corrected chi connectivity index (χ0v) is 16.0. The average Bonchev–Trinajstić information content (AvgIpc) is 3.46. The van der Waals surface area contributed by atoms with Crippen molar-refractivity contribution in [1.29, 1.82) is 0 Å². The summed E-state index contributed by atoms with van der Waals surface area (Å²) in [6.07, 6.45) is 1.53. The minimum absolute atomic E-state index is 0.157. The van der Waals surface area contributed by atoms with Crippen molar-refractivity contribution >= 4 is 35.1 Å². The minimum Gasteiger partial charge on any atom is -0.461 e. The average molecular weight is 413 g/mol.